The number of phenolic OH excluding ortho intramolecular Hbond substituents is 1. The lowest BCUT2D eigenvalue weighted by atomic mass is 10.1. The summed E-state index contributed by atoms with van der Waals surface area (Å²) < 4.78 is 16.0. The number of benzene rings is 1. The zero-order valence-electron chi connectivity index (χ0n) is 12.7. The number of aromatic nitrogens is 1. The van der Waals surface area contributed by atoms with Crippen molar-refractivity contribution in [1.29, 1.82) is 0 Å². The molecule has 0 radical (unpaired) electrons. The molecular weight excluding hydrogens is 324 g/mol. The summed E-state index contributed by atoms with van der Waals surface area (Å²) in [7, 11) is -2.00. The Kier molecular flexibility index (Phi) is 4.86. The minimum absolute atomic E-state index is 0.167. The van der Waals surface area contributed by atoms with Crippen molar-refractivity contribution in [3.63, 3.8) is 0 Å². The van der Waals surface area contributed by atoms with Gasteiger partial charge in [0.2, 0.25) is 0 Å². The molecule has 3 rings (SSSR count). The number of pyridine rings is 1. The third-order valence-electron chi connectivity index (χ3n) is 3.62. The Morgan fingerprint density at radius 2 is 1.96 bits per heavy atom. The first kappa shape index (κ1) is 16.1. The van der Waals surface area contributed by atoms with E-state index in [-0.39, 0.29) is 11.0 Å². The van der Waals surface area contributed by atoms with Crippen molar-refractivity contribution in [3.8, 4) is 16.9 Å². The van der Waals surface area contributed by atoms with E-state index in [2.05, 4.69) is 9.35 Å². The van der Waals surface area contributed by atoms with Crippen LogP contribution in [-0.2, 0) is 10.6 Å². The first-order chi connectivity index (χ1) is 11.6. The topological polar surface area (TPSA) is 79.6 Å². The van der Waals surface area contributed by atoms with E-state index in [1.165, 1.54) is 6.20 Å². The number of amides is 1. The van der Waals surface area contributed by atoms with Gasteiger partial charge in [0.1, 0.15) is 5.75 Å². The number of hydrogen-bond donors (Lipinski definition) is 2. The largest absolute Gasteiger partial charge is 0.508 e. The molecule has 0 bridgehead atoms. The third kappa shape index (κ3) is 3.78. The lowest BCUT2D eigenvalue weighted by Crippen LogP contribution is -2.08. The van der Waals surface area contributed by atoms with Gasteiger partial charge in [-0.15, -0.1) is 0 Å². The lowest BCUT2D eigenvalue weighted by Gasteiger charge is -2.07. The molecule has 0 fully saturated rings. The number of aromatic hydroxyl groups is 1. The van der Waals surface area contributed by atoms with Crippen LogP contribution < -0.4 is 0 Å². The predicted octanol–water partition coefficient (Wildman–Crippen LogP) is 3.14. The van der Waals surface area contributed by atoms with Crippen LogP contribution in [0.3, 0.4) is 0 Å². The van der Waals surface area contributed by atoms with Crippen LogP contribution in [0.5, 0.6) is 5.75 Å². The second-order valence-electron chi connectivity index (χ2n) is 5.33. The van der Waals surface area contributed by atoms with Crippen molar-refractivity contribution in [3.05, 3.63) is 72.6 Å². The van der Waals surface area contributed by atoms with Crippen molar-refractivity contribution in [2.75, 3.05) is 0 Å². The van der Waals surface area contributed by atoms with Crippen LogP contribution >= 0.6 is 0 Å². The lowest BCUT2D eigenvalue weighted by molar-refractivity contribution is 0.100. The summed E-state index contributed by atoms with van der Waals surface area (Å²) in [5.74, 6) is -0.368. The summed E-state index contributed by atoms with van der Waals surface area (Å²) in [4.78, 5) is 16.3. The summed E-state index contributed by atoms with van der Waals surface area (Å²) in [6.07, 6.45) is 11.1. The van der Waals surface area contributed by atoms with E-state index in [4.69, 9.17) is 0 Å². The number of carbonyl (C=O) groups is 1. The van der Waals surface area contributed by atoms with Crippen molar-refractivity contribution in [2.24, 2.45) is 4.36 Å². The number of thiol groups is 1. The van der Waals surface area contributed by atoms with Gasteiger partial charge in [-0.1, -0.05) is 36.4 Å². The van der Waals surface area contributed by atoms with E-state index in [0.29, 0.717) is 12.0 Å². The van der Waals surface area contributed by atoms with Crippen LogP contribution in [0.2, 0.25) is 0 Å². The van der Waals surface area contributed by atoms with Crippen LogP contribution in [0.25, 0.3) is 11.1 Å². The number of hydrogen-bond acceptors (Lipinski definition) is 4. The summed E-state index contributed by atoms with van der Waals surface area (Å²) >= 11 is 0. The maximum Gasteiger partial charge on any atom is 0.286 e. The Morgan fingerprint density at radius 3 is 2.67 bits per heavy atom. The fraction of sp³-hybridized carbons (Fsp3) is 0.111. The molecule has 2 unspecified atom stereocenters. The fourth-order valence-electron chi connectivity index (χ4n) is 2.32. The highest BCUT2D eigenvalue weighted by Gasteiger charge is 2.11. The molecule has 0 saturated heterocycles. The first-order valence-corrected chi connectivity index (χ1v) is 8.72. The molecule has 1 aromatic heterocycles. The normalized spacial score (nSPS) is 17.8. The van der Waals surface area contributed by atoms with E-state index < -0.39 is 16.5 Å². The molecule has 2 aromatic rings. The van der Waals surface area contributed by atoms with Gasteiger partial charge in [0.25, 0.3) is 5.91 Å². The maximum absolute atomic E-state index is 12.3. The number of carbonyl (C=O) groups excluding carboxylic acids is 1. The van der Waals surface area contributed by atoms with Gasteiger partial charge in [0.05, 0.1) is 21.4 Å². The molecule has 1 aliphatic carbocycles. The predicted molar refractivity (Wildman–Crippen MR) is 94.3 cm³/mol. The molecule has 5 nitrogen and oxygen atoms in total. The number of allylic oxidation sites excluding steroid dienone is 3. The highest BCUT2D eigenvalue weighted by molar-refractivity contribution is 7.76. The SMILES string of the molecule is O=C(N=[SH](=O)C1C=CC=CC1)c1cncc(-c2ccc(O)cc2)c1. The third-order valence-corrected chi connectivity index (χ3v) is 4.95. The summed E-state index contributed by atoms with van der Waals surface area (Å²) in [6.45, 7) is 0. The zero-order valence-corrected chi connectivity index (χ0v) is 13.6. The molecule has 1 aliphatic rings. The molecule has 1 aromatic carbocycles. The molecule has 0 saturated carbocycles. The van der Waals surface area contributed by atoms with Gasteiger partial charge in [-0.2, -0.15) is 4.36 Å². The number of phenols is 1. The van der Waals surface area contributed by atoms with Crippen molar-refractivity contribution >= 4 is 16.5 Å². The monoisotopic (exact) mass is 340 g/mol. The highest BCUT2D eigenvalue weighted by atomic mass is 32.2. The minimum Gasteiger partial charge on any atom is -0.508 e. The maximum atomic E-state index is 12.3. The van der Waals surface area contributed by atoms with Gasteiger partial charge in [0.15, 0.2) is 0 Å². The Balaban J connectivity index is 1.84. The average molecular weight is 340 g/mol. The van der Waals surface area contributed by atoms with E-state index in [1.54, 1.807) is 42.6 Å². The average Bonchev–Trinajstić information content (AvgIpc) is 2.63. The van der Waals surface area contributed by atoms with E-state index in [1.807, 2.05) is 18.2 Å². The first-order valence-electron chi connectivity index (χ1n) is 7.43. The Bertz CT molecular complexity index is 895. The molecule has 122 valence electrons. The van der Waals surface area contributed by atoms with Crippen molar-refractivity contribution in [2.45, 2.75) is 11.7 Å². The molecular formula is C18H16N2O3S. The van der Waals surface area contributed by atoms with Crippen LogP contribution in [0.15, 0.2) is 71.4 Å². The van der Waals surface area contributed by atoms with Crippen molar-refractivity contribution < 1.29 is 14.1 Å². The molecule has 6 heteroatoms. The summed E-state index contributed by atoms with van der Waals surface area (Å²) in [5, 5.41) is 9.11. The van der Waals surface area contributed by atoms with Gasteiger partial charge in [0, 0.05) is 18.0 Å². The summed E-state index contributed by atoms with van der Waals surface area (Å²) in [6, 6.07) is 8.25. The highest BCUT2D eigenvalue weighted by Crippen LogP contribution is 2.22. The second-order valence-corrected chi connectivity index (χ2v) is 6.80. The van der Waals surface area contributed by atoms with Crippen LogP contribution in [0.1, 0.15) is 16.8 Å². The molecule has 0 spiro atoms. The van der Waals surface area contributed by atoms with Gasteiger partial charge in [-0.25, -0.2) is 0 Å². The van der Waals surface area contributed by atoms with Gasteiger partial charge in [-0.05, 0) is 30.2 Å². The number of nitrogens with zero attached hydrogens (tertiary/aromatic N) is 2. The molecule has 2 atom stereocenters. The molecule has 1 N–H and O–H groups in total. The number of rotatable bonds is 3. The Labute approximate surface area is 141 Å². The van der Waals surface area contributed by atoms with Crippen molar-refractivity contribution in [1.82, 2.24) is 4.98 Å². The molecule has 24 heavy (non-hydrogen) atoms. The molecule has 0 aliphatic heterocycles. The van der Waals surface area contributed by atoms with Gasteiger partial charge in [-0.3, -0.25) is 14.0 Å². The quantitative estimate of drug-likeness (QED) is 0.841. The smallest absolute Gasteiger partial charge is 0.286 e. The molecule has 1 amide bonds. The standard InChI is InChI=1S/C18H16N2O3S/c21-16-8-6-13(7-9-16)14-10-15(12-19-11-14)18(22)20-24(23)17-4-2-1-3-5-17/h1-4,6-12,17,21,24H,5H2. The molecule has 1 heterocycles. The van der Waals surface area contributed by atoms with E-state index in [0.717, 1.165) is 11.1 Å². The van der Waals surface area contributed by atoms with Crippen LogP contribution in [0, 0.1) is 0 Å². The van der Waals surface area contributed by atoms with Crippen LogP contribution in [0.4, 0.5) is 0 Å². The van der Waals surface area contributed by atoms with E-state index in [9.17, 15) is 14.1 Å². The van der Waals surface area contributed by atoms with E-state index >= 15 is 0 Å². The Morgan fingerprint density at radius 1 is 1.17 bits per heavy atom. The summed E-state index contributed by atoms with van der Waals surface area (Å²) in [5.41, 5.74) is 1.84. The Hall–Kier alpha value is -2.73. The minimum atomic E-state index is -2.00. The zero-order chi connectivity index (χ0) is 16.9. The second kappa shape index (κ2) is 7.23. The van der Waals surface area contributed by atoms with Gasteiger partial charge < -0.3 is 5.11 Å². The van der Waals surface area contributed by atoms with Crippen LogP contribution in [-0.4, -0.2) is 25.5 Å². The fourth-order valence-corrected chi connectivity index (χ4v) is 3.31. The van der Waals surface area contributed by atoms with Gasteiger partial charge >= 0.3 is 0 Å².